The molecule has 2 aromatic carbocycles. The maximum absolute atomic E-state index is 14.0. The molecule has 190 valence electrons. The van der Waals surface area contributed by atoms with Gasteiger partial charge in [0.1, 0.15) is 18.3 Å². The monoisotopic (exact) mass is 508 g/mol. The smallest absolute Gasteiger partial charge is 0.269 e. The van der Waals surface area contributed by atoms with Gasteiger partial charge in [-0.15, -0.1) is 0 Å². The number of amides is 2. The van der Waals surface area contributed by atoms with Crippen molar-refractivity contribution >= 4 is 29.3 Å². The van der Waals surface area contributed by atoms with Crippen molar-refractivity contribution in [3.63, 3.8) is 0 Å². The van der Waals surface area contributed by atoms with Crippen LogP contribution in [0.2, 0.25) is 0 Å². The minimum atomic E-state index is -0.478. The van der Waals surface area contributed by atoms with Crippen LogP contribution >= 0.6 is 0 Å². The van der Waals surface area contributed by atoms with Crippen molar-refractivity contribution in [2.75, 3.05) is 11.4 Å². The van der Waals surface area contributed by atoms with Crippen LogP contribution in [0.5, 0.6) is 0 Å². The number of carbonyl (C=O) groups is 2. The van der Waals surface area contributed by atoms with Gasteiger partial charge in [0, 0.05) is 30.4 Å². The highest BCUT2D eigenvalue weighted by Crippen LogP contribution is 2.42. The third-order valence-corrected chi connectivity index (χ3v) is 6.90. The number of nitro groups is 1. The second kappa shape index (κ2) is 9.51. The molecular formula is C29H24N4O5. The van der Waals surface area contributed by atoms with E-state index in [4.69, 9.17) is 4.42 Å². The summed E-state index contributed by atoms with van der Waals surface area (Å²) < 4.78 is 7.84. The molecule has 1 aliphatic heterocycles. The summed E-state index contributed by atoms with van der Waals surface area (Å²) in [6.45, 7) is -0.0830. The van der Waals surface area contributed by atoms with Crippen molar-refractivity contribution in [2.45, 2.75) is 24.9 Å². The predicted molar refractivity (Wildman–Crippen MR) is 141 cm³/mol. The van der Waals surface area contributed by atoms with Crippen LogP contribution in [-0.4, -0.2) is 38.8 Å². The summed E-state index contributed by atoms with van der Waals surface area (Å²) in [5.41, 5.74) is 3.17. The number of non-ortho nitro benzene ring substituents is 1. The highest BCUT2D eigenvalue weighted by molar-refractivity contribution is 6.02. The number of nitro benzene ring substituents is 1. The highest BCUT2D eigenvalue weighted by atomic mass is 16.6. The fourth-order valence-corrected chi connectivity index (χ4v) is 4.94. The van der Waals surface area contributed by atoms with Crippen molar-refractivity contribution in [2.24, 2.45) is 0 Å². The number of rotatable bonds is 7. The topological polar surface area (TPSA) is 102 Å². The molecule has 9 nitrogen and oxygen atoms in total. The highest BCUT2D eigenvalue weighted by Gasteiger charge is 2.40. The maximum Gasteiger partial charge on any atom is 0.269 e. The first-order chi connectivity index (χ1) is 18.5. The van der Waals surface area contributed by atoms with E-state index in [1.807, 2.05) is 48.7 Å². The lowest BCUT2D eigenvalue weighted by Crippen LogP contribution is -2.47. The van der Waals surface area contributed by atoms with Gasteiger partial charge in [0.2, 0.25) is 11.8 Å². The van der Waals surface area contributed by atoms with E-state index >= 15 is 0 Å². The van der Waals surface area contributed by atoms with Gasteiger partial charge < -0.3 is 13.9 Å². The van der Waals surface area contributed by atoms with Crippen molar-refractivity contribution < 1.29 is 18.9 Å². The molecule has 0 radical (unpaired) electrons. The normalized spacial score (nSPS) is 16.2. The lowest BCUT2D eigenvalue weighted by atomic mass is 10.0. The van der Waals surface area contributed by atoms with E-state index in [2.05, 4.69) is 4.57 Å². The van der Waals surface area contributed by atoms with Gasteiger partial charge in [0.25, 0.3) is 5.69 Å². The van der Waals surface area contributed by atoms with E-state index in [1.165, 1.54) is 18.2 Å². The molecule has 2 aliphatic rings. The summed E-state index contributed by atoms with van der Waals surface area (Å²) in [6, 6.07) is 20.7. The predicted octanol–water partition coefficient (Wildman–Crippen LogP) is 5.12. The second-order valence-electron chi connectivity index (χ2n) is 9.35. The fourth-order valence-electron chi connectivity index (χ4n) is 4.94. The number of furan rings is 1. The molecular weight excluding hydrogens is 484 g/mol. The van der Waals surface area contributed by atoms with Gasteiger partial charge in [0.05, 0.1) is 28.3 Å². The van der Waals surface area contributed by atoms with E-state index in [9.17, 15) is 19.7 Å². The molecule has 4 aromatic rings. The summed E-state index contributed by atoms with van der Waals surface area (Å²) in [4.78, 5) is 41.0. The molecule has 2 aromatic heterocycles. The van der Waals surface area contributed by atoms with Crippen LogP contribution in [0, 0.1) is 10.1 Å². The van der Waals surface area contributed by atoms with E-state index in [0.717, 1.165) is 29.9 Å². The first kappa shape index (κ1) is 23.5. The molecule has 1 unspecified atom stereocenters. The number of fused-ring (bicyclic) bond motifs is 3. The Morgan fingerprint density at radius 1 is 1.00 bits per heavy atom. The summed E-state index contributed by atoms with van der Waals surface area (Å²) in [5, 5.41) is 10.9. The number of anilines is 1. The molecule has 6 rings (SSSR count). The first-order valence-corrected chi connectivity index (χ1v) is 12.4. The average Bonchev–Trinajstić information content (AvgIpc) is 3.40. The molecule has 0 bridgehead atoms. The van der Waals surface area contributed by atoms with Gasteiger partial charge in [-0.2, -0.15) is 0 Å². The van der Waals surface area contributed by atoms with Crippen LogP contribution in [0.25, 0.3) is 11.8 Å². The fraction of sp³-hybridized carbons (Fsp3) is 0.172. The minimum absolute atomic E-state index is 0.00100. The Labute approximate surface area is 218 Å². The van der Waals surface area contributed by atoms with Crippen molar-refractivity contribution in [3.8, 4) is 5.69 Å². The van der Waals surface area contributed by atoms with Gasteiger partial charge in [-0.25, -0.2) is 0 Å². The molecule has 1 atom stereocenters. The number of nitrogens with zero attached hydrogens (tertiary/aromatic N) is 4. The first-order valence-electron chi connectivity index (χ1n) is 12.4. The number of hydrogen-bond donors (Lipinski definition) is 0. The summed E-state index contributed by atoms with van der Waals surface area (Å²) in [5.74, 6) is 0.146. The molecule has 0 N–H and O–H groups in total. The Balaban J connectivity index is 1.29. The Hall–Kier alpha value is -4.92. The number of para-hydroxylation sites is 2. The van der Waals surface area contributed by atoms with Crippen LogP contribution in [0.4, 0.5) is 11.4 Å². The third-order valence-electron chi connectivity index (χ3n) is 6.90. The van der Waals surface area contributed by atoms with E-state index in [1.54, 1.807) is 40.3 Å². The van der Waals surface area contributed by atoms with Crippen LogP contribution < -0.4 is 4.90 Å². The van der Waals surface area contributed by atoms with Gasteiger partial charge in [-0.05, 0) is 73.0 Å². The second-order valence-corrected chi connectivity index (χ2v) is 9.35. The number of benzene rings is 2. The zero-order valence-electron chi connectivity index (χ0n) is 20.3. The minimum Gasteiger partial charge on any atom is -0.467 e. The summed E-state index contributed by atoms with van der Waals surface area (Å²) in [6.07, 6.45) is 8.27. The van der Waals surface area contributed by atoms with Crippen LogP contribution in [0.3, 0.4) is 0 Å². The van der Waals surface area contributed by atoms with E-state index in [0.29, 0.717) is 11.3 Å². The molecule has 1 saturated carbocycles. The standard InChI is InChI=1S/C29H24N4O5/c34-27(16-11-20-9-12-22(13-10-20)33(36)37)31(21-14-15-21)19-28(35)32-24-6-2-1-5-23(24)30-17-3-7-25(30)29(32)26-8-4-18-38-26/h1-13,16-18,21,29H,14-15,19H2/b16-11+. The molecule has 0 spiro atoms. The largest absolute Gasteiger partial charge is 0.467 e. The molecule has 0 saturated heterocycles. The Morgan fingerprint density at radius 2 is 1.76 bits per heavy atom. The van der Waals surface area contributed by atoms with Crippen molar-refractivity contribution in [1.29, 1.82) is 0 Å². The third kappa shape index (κ3) is 4.28. The van der Waals surface area contributed by atoms with E-state index in [-0.39, 0.29) is 30.1 Å². The molecule has 38 heavy (non-hydrogen) atoms. The van der Waals surface area contributed by atoms with Crippen molar-refractivity contribution in [1.82, 2.24) is 9.47 Å². The quantitative estimate of drug-likeness (QED) is 0.196. The number of aromatic nitrogens is 1. The lowest BCUT2D eigenvalue weighted by molar-refractivity contribution is -0.384. The van der Waals surface area contributed by atoms with E-state index < -0.39 is 11.0 Å². The average molecular weight is 509 g/mol. The summed E-state index contributed by atoms with van der Waals surface area (Å²) >= 11 is 0. The molecule has 9 heteroatoms. The van der Waals surface area contributed by atoms with Gasteiger partial charge in [-0.3, -0.25) is 24.6 Å². The van der Waals surface area contributed by atoms with Gasteiger partial charge in [0.15, 0.2) is 0 Å². The SMILES string of the molecule is O=C(/C=C/c1ccc([N+](=O)[O-])cc1)N(CC(=O)N1c2ccccc2-n2cccc2C1c1ccco1)C1CC1. The zero-order valence-corrected chi connectivity index (χ0v) is 20.3. The molecule has 1 aliphatic carbocycles. The van der Waals surface area contributed by atoms with Crippen LogP contribution in [0.15, 0.2) is 95.7 Å². The maximum atomic E-state index is 14.0. The van der Waals surface area contributed by atoms with Gasteiger partial charge >= 0.3 is 0 Å². The lowest BCUT2D eigenvalue weighted by Gasteiger charge is -2.38. The Kier molecular flexibility index (Phi) is 5.88. The molecule has 1 fully saturated rings. The molecule has 3 heterocycles. The number of hydrogen-bond acceptors (Lipinski definition) is 5. The number of carbonyl (C=O) groups excluding carboxylic acids is 2. The summed E-state index contributed by atoms with van der Waals surface area (Å²) in [7, 11) is 0. The van der Waals surface area contributed by atoms with Crippen molar-refractivity contribution in [3.05, 3.63) is 118 Å². The Bertz CT molecular complexity index is 1530. The molecule has 2 amide bonds. The van der Waals surface area contributed by atoms with Crippen LogP contribution in [0.1, 0.15) is 35.9 Å². The van der Waals surface area contributed by atoms with Gasteiger partial charge in [-0.1, -0.05) is 12.1 Å². The Morgan fingerprint density at radius 3 is 2.45 bits per heavy atom. The zero-order chi connectivity index (χ0) is 26.2. The van der Waals surface area contributed by atoms with Crippen LogP contribution in [-0.2, 0) is 9.59 Å².